The van der Waals surface area contributed by atoms with Gasteiger partial charge in [-0.25, -0.2) is 4.79 Å². The molecule has 25 heavy (non-hydrogen) atoms. The monoisotopic (exact) mass is 344 g/mol. The number of ketones is 1. The predicted octanol–water partition coefficient (Wildman–Crippen LogP) is 2.82. The molecule has 0 bridgehead atoms. The molecule has 0 saturated heterocycles. The topological polar surface area (TPSA) is 94.4 Å². The number of carbonyl (C=O) groups excluding carboxylic acids is 2. The average Bonchev–Trinajstić information content (AvgIpc) is 2.88. The van der Waals surface area contributed by atoms with Crippen molar-refractivity contribution in [3.63, 3.8) is 0 Å². The molecule has 2 aromatic rings. The highest BCUT2D eigenvalue weighted by atomic mass is 16.7. The van der Waals surface area contributed by atoms with Gasteiger partial charge >= 0.3 is 6.16 Å². The summed E-state index contributed by atoms with van der Waals surface area (Å²) in [6.07, 6.45) is 2.01. The van der Waals surface area contributed by atoms with Crippen LogP contribution in [0, 0.1) is 0 Å². The Kier molecular flexibility index (Phi) is 5.90. The Balaban J connectivity index is 2.16. The van der Waals surface area contributed by atoms with Crippen LogP contribution in [-0.4, -0.2) is 35.8 Å². The summed E-state index contributed by atoms with van der Waals surface area (Å²) in [7, 11) is 0.786. The van der Waals surface area contributed by atoms with Gasteiger partial charge in [0.2, 0.25) is 0 Å². The number of fused-ring (bicyclic) bond motifs is 1. The number of aromatic amines is 1. The van der Waals surface area contributed by atoms with Crippen molar-refractivity contribution in [3.05, 3.63) is 30.0 Å². The maximum atomic E-state index is 11.9. The van der Waals surface area contributed by atoms with Crippen LogP contribution in [0.2, 0.25) is 13.1 Å². The summed E-state index contributed by atoms with van der Waals surface area (Å²) in [5, 5.41) is 0.876. The van der Waals surface area contributed by atoms with E-state index in [-0.39, 0.29) is 5.78 Å². The van der Waals surface area contributed by atoms with E-state index in [9.17, 15) is 9.59 Å². The van der Waals surface area contributed by atoms with Crippen molar-refractivity contribution in [2.75, 3.05) is 0 Å². The number of carbonyl (C=O) groups is 2. The van der Waals surface area contributed by atoms with Gasteiger partial charge in [0.15, 0.2) is 0 Å². The molecule has 1 aromatic heterocycles. The molecule has 134 valence electrons. The molecular weight excluding hydrogens is 319 g/mol. The van der Waals surface area contributed by atoms with Gasteiger partial charge in [0, 0.05) is 17.1 Å². The second kappa shape index (κ2) is 7.74. The Hall–Kier alpha value is -2.28. The quantitative estimate of drug-likeness (QED) is 0.477. The Bertz CT molecular complexity index is 764. The second-order valence-corrected chi connectivity index (χ2v) is 7.11. The van der Waals surface area contributed by atoms with Gasteiger partial charge in [-0.15, -0.1) is 0 Å². The molecule has 0 amide bonds. The van der Waals surface area contributed by atoms with Crippen LogP contribution in [0.3, 0.4) is 0 Å². The van der Waals surface area contributed by atoms with E-state index in [1.807, 2.05) is 19.1 Å². The molecular formula is C18H25BN2O4. The Morgan fingerprint density at radius 2 is 2.04 bits per heavy atom. The largest absolute Gasteiger partial charge is 0.514 e. The van der Waals surface area contributed by atoms with Gasteiger partial charge < -0.3 is 20.2 Å². The maximum absolute atomic E-state index is 11.9. The van der Waals surface area contributed by atoms with Gasteiger partial charge in [-0.1, -0.05) is 6.82 Å². The number of hydrogen-bond acceptors (Lipinski definition) is 5. The Morgan fingerprint density at radius 1 is 1.32 bits per heavy atom. The zero-order chi connectivity index (χ0) is 18.6. The lowest BCUT2D eigenvalue weighted by atomic mass is 9.74. The van der Waals surface area contributed by atoms with E-state index in [4.69, 9.17) is 15.2 Å². The van der Waals surface area contributed by atoms with Gasteiger partial charge in [-0.2, -0.15) is 0 Å². The van der Waals surface area contributed by atoms with Crippen LogP contribution in [0.4, 0.5) is 4.79 Å². The van der Waals surface area contributed by atoms with Crippen LogP contribution in [0.15, 0.2) is 24.4 Å². The first-order valence-electron chi connectivity index (χ1n) is 8.48. The highest BCUT2D eigenvalue weighted by Gasteiger charge is 2.19. The maximum Gasteiger partial charge on any atom is 0.514 e. The van der Waals surface area contributed by atoms with Gasteiger partial charge in [-0.05, 0) is 57.3 Å². The number of aromatic nitrogens is 1. The Morgan fingerprint density at radius 3 is 2.68 bits per heavy atom. The zero-order valence-corrected chi connectivity index (χ0v) is 15.2. The SMILES string of the molecule is CBCC(=O)[C@@H](N)Cc1c[nH]c2ccc(OC(=O)OC(C)(C)C)cc12. The van der Waals surface area contributed by atoms with Crippen molar-refractivity contribution in [1.82, 2.24) is 4.98 Å². The number of ether oxygens (including phenoxy) is 2. The normalized spacial score (nSPS) is 12.7. The van der Waals surface area contributed by atoms with Crippen molar-refractivity contribution in [1.29, 1.82) is 0 Å². The number of nitrogens with one attached hydrogen (secondary N) is 1. The van der Waals surface area contributed by atoms with E-state index in [0.717, 1.165) is 23.7 Å². The highest BCUT2D eigenvalue weighted by Crippen LogP contribution is 2.25. The molecule has 0 radical (unpaired) electrons. The van der Waals surface area contributed by atoms with Crippen molar-refractivity contribution in [2.45, 2.75) is 52.0 Å². The first kappa shape index (κ1) is 19.1. The second-order valence-electron chi connectivity index (χ2n) is 7.11. The van der Waals surface area contributed by atoms with Gasteiger partial charge in [0.25, 0.3) is 0 Å². The summed E-state index contributed by atoms with van der Waals surface area (Å²) in [6, 6.07) is 4.73. The third kappa shape index (κ3) is 5.36. The molecule has 3 N–H and O–H groups in total. The molecule has 7 heteroatoms. The minimum Gasteiger partial charge on any atom is -0.428 e. The number of hydrogen-bond donors (Lipinski definition) is 2. The lowest BCUT2D eigenvalue weighted by Gasteiger charge is -2.18. The summed E-state index contributed by atoms with van der Waals surface area (Å²) in [6.45, 7) is 7.28. The average molecular weight is 344 g/mol. The molecule has 1 aromatic carbocycles. The van der Waals surface area contributed by atoms with Crippen LogP contribution in [0.5, 0.6) is 5.75 Å². The Labute approximate surface area is 148 Å². The van der Waals surface area contributed by atoms with Crippen molar-refractivity contribution in [2.24, 2.45) is 5.73 Å². The van der Waals surface area contributed by atoms with Gasteiger partial charge in [-0.3, -0.25) is 4.79 Å². The van der Waals surface area contributed by atoms with E-state index >= 15 is 0 Å². The summed E-state index contributed by atoms with van der Waals surface area (Å²) >= 11 is 0. The lowest BCUT2D eigenvalue weighted by Crippen LogP contribution is -2.32. The third-order valence-corrected chi connectivity index (χ3v) is 3.68. The highest BCUT2D eigenvalue weighted by molar-refractivity contribution is 6.40. The molecule has 0 aliphatic rings. The van der Waals surface area contributed by atoms with Gasteiger partial charge in [0.05, 0.1) is 6.04 Å². The zero-order valence-electron chi connectivity index (χ0n) is 15.2. The summed E-state index contributed by atoms with van der Waals surface area (Å²) in [5.74, 6) is 0.439. The van der Waals surface area contributed by atoms with Crippen LogP contribution < -0.4 is 10.5 Å². The standard InChI is InChI=1S/C18H25BN2O4/c1-18(2,3)25-17(23)24-12-5-6-15-13(8-12)11(10-21-15)7-14(20)16(22)9-19-4/h5-6,8,10,14,19,21H,7,9,20H2,1-4H3/t14-/m0/s1. The smallest absolute Gasteiger partial charge is 0.428 e. The number of Topliss-reactive ketones (excluding diaryl/α,β-unsaturated/α-hetero) is 1. The van der Waals surface area contributed by atoms with Crippen LogP contribution in [-0.2, 0) is 16.0 Å². The number of rotatable bonds is 6. The first-order valence-corrected chi connectivity index (χ1v) is 8.48. The summed E-state index contributed by atoms with van der Waals surface area (Å²) in [5.41, 5.74) is 7.20. The van der Waals surface area contributed by atoms with Crippen molar-refractivity contribution < 1.29 is 19.1 Å². The van der Waals surface area contributed by atoms with E-state index < -0.39 is 17.8 Å². The molecule has 0 aliphatic carbocycles. The minimum absolute atomic E-state index is 0.0537. The van der Waals surface area contributed by atoms with Gasteiger partial charge in [0.1, 0.15) is 24.4 Å². The molecule has 0 saturated carbocycles. The fourth-order valence-corrected chi connectivity index (χ4v) is 2.54. The summed E-state index contributed by atoms with van der Waals surface area (Å²) < 4.78 is 10.4. The molecule has 0 spiro atoms. The molecule has 2 rings (SSSR count). The third-order valence-electron chi connectivity index (χ3n) is 3.68. The molecule has 0 aliphatic heterocycles. The number of H-pyrrole nitrogens is 1. The molecule has 1 atom stereocenters. The van der Waals surface area contributed by atoms with E-state index in [0.29, 0.717) is 18.5 Å². The predicted molar refractivity (Wildman–Crippen MR) is 99.7 cm³/mol. The van der Waals surface area contributed by atoms with Crippen molar-refractivity contribution >= 4 is 30.1 Å². The van der Waals surface area contributed by atoms with E-state index in [1.165, 1.54) is 0 Å². The minimum atomic E-state index is -0.751. The first-order chi connectivity index (χ1) is 11.7. The van der Waals surface area contributed by atoms with E-state index in [1.54, 1.807) is 32.9 Å². The van der Waals surface area contributed by atoms with Crippen LogP contribution in [0.25, 0.3) is 10.9 Å². The van der Waals surface area contributed by atoms with Crippen LogP contribution >= 0.6 is 0 Å². The van der Waals surface area contributed by atoms with E-state index in [2.05, 4.69) is 4.98 Å². The molecule has 1 heterocycles. The fourth-order valence-electron chi connectivity index (χ4n) is 2.54. The van der Waals surface area contributed by atoms with Crippen LogP contribution in [0.1, 0.15) is 26.3 Å². The molecule has 6 nitrogen and oxygen atoms in total. The number of nitrogens with two attached hydrogens (primary N) is 1. The summed E-state index contributed by atoms with van der Waals surface area (Å²) in [4.78, 5) is 26.9. The van der Waals surface area contributed by atoms with Crippen molar-refractivity contribution in [3.8, 4) is 5.75 Å². The molecule has 0 fully saturated rings. The fraction of sp³-hybridized carbons (Fsp3) is 0.444. The number of benzene rings is 1. The molecule has 0 unspecified atom stereocenters. The lowest BCUT2D eigenvalue weighted by molar-refractivity contribution is -0.118.